The zero-order valence-corrected chi connectivity index (χ0v) is 10.3. The Bertz CT molecular complexity index is 265. The topological polar surface area (TPSA) is 77.8 Å². The van der Waals surface area contributed by atoms with Crippen molar-refractivity contribution >= 4 is 11.9 Å². The highest BCUT2D eigenvalue weighted by atomic mass is 16.4. The van der Waals surface area contributed by atoms with E-state index in [9.17, 15) is 9.59 Å². The Labute approximate surface area is 102 Å². The van der Waals surface area contributed by atoms with Crippen molar-refractivity contribution in [2.24, 2.45) is 0 Å². The molecule has 1 atom stereocenters. The molecule has 0 aromatic rings. The summed E-state index contributed by atoms with van der Waals surface area (Å²) >= 11 is 0. The Morgan fingerprint density at radius 3 is 2.41 bits per heavy atom. The summed E-state index contributed by atoms with van der Waals surface area (Å²) in [5, 5.41) is 17.7. The van der Waals surface area contributed by atoms with Crippen LogP contribution < -0.4 is 0 Å². The van der Waals surface area contributed by atoms with Gasteiger partial charge in [0, 0.05) is 6.54 Å². The van der Waals surface area contributed by atoms with Crippen LogP contribution in [-0.2, 0) is 9.59 Å². The summed E-state index contributed by atoms with van der Waals surface area (Å²) in [6.07, 6.45) is 4.14. The van der Waals surface area contributed by atoms with E-state index in [1.165, 1.54) is 0 Å². The molecule has 0 heterocycles. The maximum Gasteiger partial charge on any atom is 0.321 e. The molecule has 0 rings (SSSR count). The Morgan fingerprint density at radius 1 is 1.35 bits per heavy atom. The number of nitrogens with zero attached hydrogens (tertiary/aromatic N) is 1. The zero-order chi connectivity index (χ0) is 13.3. The molecular weight excluding hydrogens is 222 g/mol. The molecule has 0 fully saturated rings. The fourth-order valence-corrected chi connectivity index (χ4v) is 1.64. The minimum Gasteiger partial charge on any atom is -0.481 e. The number of carboxylic acid groups (broad SMARTS) is 2. The van der Waals surface area contributed by atoms with E-state index in [0.29, 0.717) is 13.1 Å². The molecule has 0 unspecified atom stereocenters. The van der Waals surface area contributed by atoms with Crippen molar-refractivity contribution in [1.29, 1.82) is 0 Å². The summed E-state index contributed by atoms with van der Waals surface area (Å²) in [7, 11) is 0. The molecule has 17 heavy (non-hydrogen) atoms. The molecule has 0 saturated heterocycles. The average Bonchev–Trinajstić information content (AvgIpc) is 2.24. The number of carbonyl (C=O) groups is 2. The molecule has 0 aromatic heterocycles. The number of aliphatic carboxylic acids is 2. The van der Waals surface area contributed by atoms with E-state index in [4.69, 9.17) is 10.2 Å². The van der Waals surface area contributed by atoms with Crippen molar-refractivity contribution in [2.75, 3.05) is 13.1 Å². The lowest BCUT2D eigenvalue weighted by Crippen LogP contribution is -2.43. The predicted molar refractivity (Wildman–Crippen MR) is 65.0 cm³/mol. The minimum absolute atomic E-state index is 0.380. The van der Waals surface area contributed by atoms with Gasteiger partial charge in [0.1, 0.15) is 6.04 Å². The number of unbranched alkanes of at least 4 members (excludes halogenated alkanes) is 2. The summed E-state index contributed by atoms with van der Waals surface area (Å²) in [5.74, 6) is -2.19. The first-order valence-electron chi connectivity index (χ1n) is 5.82. The van der Waals surface area contributed by atoms with Crippen molar-refractivity contribution in [1.82, 2.24) is 4.90 Å². The first-order chi connectivity index (χ1) is 8.02. The van der Waals surface area contributed by atoms with E-state index in [0.717, 1.165) is 19.3 Å². The third-order valence-electron chi connectivity index (χ3n) is 2.51. The van der Waals surface area contributed by atoms with Gasteiger partial charge < -0.3 is 10.2 Å². The molecule has 0 aliphatic rings. The maximum atomic E-state index is 11.0. The van der Waals surface area contributed by atoms with Gasteiger partial charge in [-0.25, -0.2) is 0 Å². The highest BCUT2D eigenvalue weighted by molar-refractivity contribution is 5.80. The maximum absolute atomic E-state index is 11.0. The van der Waals surface area contributed by atoms with Crippen LogP contribution in [0.5, 0.6) is 0 Å². The summed E-state index contributed by atoms with van der Waals surface area (Å²) in [5.41, 5.74) is 0. The van der Waals surface area contributed by atoms with Gasteiger partial charge in [-0.2, -0.15) is 0 Å². The molecule has 0 amide bonds. The lowest BCUT2D eigenvalue weighted by Gasteiger charge is -2.26. The van der Waals surface area contributed by atoms with Crippen LogP contribution in [0.1, 0.15) is 32.6 Å². The second-order valence-corrected chi connectivity index (χ2v) is 3.94. The summed E-state index contributed by atoms with van der Waals surface area (Å²) < 4.78 is 0. The van der Waals surface area contributed by atoms with Gasteiger partial charge in [0.05, 0.1) is 6.42 Å². The summed E-state index contributed by atoms with van der Waals surface area (Å²) in [4.78, 5) is 23.3. The van der Waals surface area contributed by atoms with Gasteiger partial charge in [-0.05, 0) is 13.0 Å². The Morgan fingerprint density at radius 2 is 2.00 bits per heavy atom. The van der Waals surface area contributed by atoms with Crippen LogP contribution in [0.15, 0.2) is 12.7 Å². The Kier molecular flexibility index (Phi) is 8.05. The van der Waals surface area contributed by atoms with Crippen molar-refractivity contribution in [2.45, 2.75) is 38.6 Å². The number of hydrogen-bond donors (Lipinski definition) is 2. The smallest absolute Gasteiger partial charge is 0.321 e. The Balaban J connectivity index is 4.51. The van der Waals surface area contributed by atoms with Crippen molar-refractivity contribution < 1.29 is 19.8 Å². The second kappa shape index (κ2) is 8.75. The monoisotopic (exact) mass is 243 g/mol. The minimum atomic E-state index is -1.10. The van der Waals surface area contributed by atoms with Gasteiger partial charge in [0.15, 0.2) is 0 Å². The molecule has 98 valence electrons. The molecule has 5 nitrogen and oxygen atoms in total. The molecular formula is C12H21NO4. The van der Waals surface area contributed by atoms with E-state index in [1.54, 1.807) is 11.0 Å². The van der Waals surface area contributed by atoms with E-state index in [1.807, 2.05) is 0 Å². The molecule has 0 aliphatic carbocycles. The summed E-state index contributed by atoms with van der Waals surface area (Å²) in [6.45, 7) is 6.61. The lowest BCUT2D eigenvalue weighted by molar-refractivity contribution is -0.149. The molecule has 5 heteroatoms. The molecule has 0 aliphatic heterocycles. The van der Waals surface area contributed by atoms with E-state index in [2.05, 4.69) is 13.5 Å². The molecule has 0 radical (unpaired) electrons. The normalized spacial score (nSPS) is 12.4. The third kappa shape index (κ3) is 6.73. The first-order valence-corrected chi connectivity index (χ1v) is 5.82. The molecule has 0 spiro atoms. The second-order valence-electron chi connectivity index (χ2n) is 3.94. The summed E-state index contributed by atoms with van der Waals surface area (Å²) in [6, 6.07) is -0.970. The van der Waals surface area contributed by atoms with Crippen molar-refractivity contribution in [3.63, 3.8) is 0 Å². The zero-order valence-electron chi connectivity index (χ0n) is 10.3. The van der Waals surface area contributed by atoms with Crippen LogP contribution in [0, 0.1) is 0 Å². The van der Waals surface area contributed by atoms with Gasteiger partial charge in [-0.15, -0.1) is 6.58 Å². The van der Waals surface area contributed by atoms with Crippen LogP contribution in [0.2, 0.25) is 0 Å². The van der Waals surface area contributed by atoms with Crippen LogP contribution >= 0.6 is 0 Å². The largest absolute Gasteiger partial charge is 0.481 e. The van der Waals surface area contributed by atoms with Crippen LogP contribution in [0.3, 0.4) is 0 Å². The van der Waals surface area contributed by atoms with Crippen LogP contribution in [0.4, 0.5) is 0 Å². The SMILES string of the molecule is C=CCN(CCCCC)[C@@H](CC(=O)O)C(=O)O. The quantitative estimate of drug-likeness (QED) is 0.450. The van der Waals surface area contributed by atoms with E-state index in [-0.39, 0.29) is 6.42 Å². The molecule has 0 aromatic carbocycles. The van der Waals surface area contributed by atoms with Crippen LogP contribution in [-0.4, -0.2) is 46.2 Å². The fraction of sp³-hybridized carbons (Fsp3) is 0.667. The van der Waals surface area contributed by atoms with Crippen molar-refractivity contribution in [3.8, 4) is 0 Å². The van der Waals surface area contributed by atoms with E-state index >= 15 is 0 Å². The van der Waals surface area contributed by atoms with Gasteiger partial charge in [-0.1, -0.05) is 25.8 Å². The first kappa shape index (κ1) is 15.6. The average molecular weight is 243 g/mol. The van der Waals surface area contributed by atoms with Gasteiger partial charge in [0.2, 0.25) is 0 Å². The highest BCUT2D eigenvalue weighted by Gasteiger charge is 2.26. The number of rotatable bonds is 10. The standard InChI is InChI=1S/C12H21NO4/c1-3-5-6-8-13(7-4-2)10(12(16)17)9-11(14)15/h4,10H,2-3,5-9H2,1H3,(H,14,15)(H,16,17)/t10-/m0/s1. The third-order valence-corrected chi connectivity index (χ3v) is 2.51. The Hall–Kier alpha value is -1.36. The van der Waals surface area contributed by atoms with Gasteiger partial charge in [0.25, 0.3) is 0 Å². The lowest BCUT2D eigenvalue weighted by atomic mass is 10.1. The molecule has 0 saturated carbocycles. The number of hydrogen-bond acceptors (Lipinski definition) is 3. The van der Waals surface area contributed by atoms with Crippen LogP contribution in [0.25, 0.3) is 0 Å². The van der Waals surface area contributed by atoms with Crippen molar-refractivity contribution in [3.05, 3.63) is 12.7 Å². The van der Waals surface area contributed by atoms with E-state index < -0.39 is 18.0 Å². The predicted octanol–water partition coefficient (Wildman–Crippen LogP) is 1.59. The van der Waals surface area contributed by atoms with Gasteiger partial charge >= 0.3 is 11.9 Å². The highest BCUT2D eigenvalue weighted by Crippen LogP contribution is 2.08. The molecule has 2 N–H and O–H groups in total. The number of carboxylic acids is 2. The molecule has 0 bridgehead atoms. The van der Waals surface area contributed by atoms with Gasteiger partial charge in [-0.3, -0.25) is 14.5 Å². The fourth-order valence-electron chi connectivity index (χ4n) is 1.64.